The fourth-order valence-corrected chi connectivity index (χ4v) is 8.74. The molecule has 1 N–H and O–H groups in total. The average molecular weight is 470 g/mol. The van der Waals surface area contributed by atoms with E-state index < -0.39 is 0 Å². The SMILES string of the molecule is CN1CCc2c(sc(NC(=O)CSc3nnc(C45CC6CC(CC(C6)C4)C5)o3)c2C#N)C1. The summed E-state index contributed by atoms with van der Waals surface area (Å²) in [6.45, 7) is 1.76. The van der Waals surface area contributed by atoms with Gasteiger partial charge in [-0.2, -0.15) is 5.26 Å². The maximum Gasteiger partial charge on any atom is 0.277 e. The van der Waals surface area contributed by atoms with Gasteiger partial charge in [-0.05, 0) is 75.3 Å². The summed E-state index contributed by atoms with van der Waals surface area (Å²) in [4.78, 5) is 16.0. The lowest BCUT2D eigenvalue weighted by molar-refractivity contribution is -0.113. The highest BCUT2D eigenvalue weighted by Gasteiger charge is 2.54. The van der Waals surface area contributed by atoms with E-state index in [-0.39, 0.29) is 17.1 Å². The van der Waals surface area contributed by atoms with Crippen molar-refractivity contribution in [2.45, 2.75) is 62.1 Å². The van der Waals surface area contributed by atoms with Crippen molar-refractivity contribution in [1.29, 1.82) is 5.26 Å². The van der Waals surface area contributed by atoms with E-state index in [1.165, 1.54) is 66.5 Å². The van der Waals surface area contributed by atoms with Crippen molar-refractivity contribution < 1.29 is 9.21 Å². The monoisotopic (exact) mass is 469 g/mol. The molecule has 2 aromatic rings. The molecule has 0 unspecified atom stereocenters. The van der Waals surface area contributed by atoms with Crippen molar-refractivity contribution in [3.05, 3.63) is 21.9 Å². The highest BCUT2D eigenvalue weighted by Crippen LogP contribution is 2.60. The minimum Gasteiger partial charge on any atom is -0.415 e. The van der Waals surface area contributed by atoms with Crippen LogP contribution in [0.5, 0.6) is 0 Å². The molecule has 1 aliphatic heterocycles. The zero-order chi connectivity index (χ0) is 21.9. The third-order valence-corrected chi connectivity index (χ3v) is 9.79. The number of nitrogens with zero attached hydrogens (tertiary/aromatic N) is 4. The van der Waals surface area contributed by atoms with E-state index in [0.717, 1.165) is 48.7 Å². The molecule has 4 fully saturated rings. The maximum absolute atomic E-state index is 12.6. The smallest absolute Gasteiger partial charge is 0.277 e. The number of anilines is 1. The Hall–Kier alpha value is -1.89. The van der Waals surface area contributed by atoms with Gasteiger partial charge in [-0.1, -0.05) is 11.8 Å². The molecule has 0 atom stereocenters. The molecule has 168 valence electrons. The van der Waals surface area contributed by atoms with Gasteiger partial charge in [0.2, 0.25) is 11.8 Å². The number of hydrogen-bond donors (Lipinski definition) is 1. The second-order valence-electron chi connectivity index (χ2n) is 10.2. The first-order valence-electron chi connectivity index (χ1n) is 11.5. The zero-order valence-electron chi connectivity index (χ0n) is 18.2. The number of thioether (sulfide) groups is 1. The van der Waals surface area contributed by atoms with Crippen LogP contribution in [0.25, 0.3) is 0 Å². The van der Waals surface area contributed by atoms with E-state index in [9.17, 15) is 10.1 Å². The highest BCUT2D eigenvalue weighted by atomic mass is 32.2. The minimum absolute atomic E-state index is 0.0771. The fraction of sp³-hybridized carbons (Fsp3) is 0.652. The predicted octanol–water partition coefficient (Wildman–Crippen LogP) is 4.19. The highest BCUT2D eigenvalue weighted by molar-refractivity contribution is 7.99. The largest absolute Gasteiger partial charge is 0.415 e. The molecule has 9 heteroatoms. The molecule has 0 saturated heterocycles. The van der Waals surface area contributed by atoms with Crippen molar-refractivity contribution in [2.24, 2.45) is 17.8 Å². The Labute approximate surface area is 195 Å². The number of nitriles is 1. The summed E-state index contributed by atoms with van der Waals surface area (Å²) >= 11 is 2.80. The second-order valence-corrected chi connectivity index (χ2v) is 12.2. The normalized spacial score (nSPS) is 30.8. The Bertz CT molecular complexity index is 1070. The van der Waals surface area contributed by atoms with Crippen molar-refractivity contribution in [1.82, 2.24) is 15.1 Å². The molecular weight excluding hydrogens is 442 g/mol. The topological polar surface area (TPSA) is 95.1 Å². The van der Waals surface area contributed by atoms with Crippen LogP contribution in [0.1, 0.15) is 60.4 Å². The summed E-state index contributed by atoms with van der Waals surface area (Å²) in [6, 6.07) is 2.29. The van der Waals surface area contributed by atoms with Gasteiger partial charge in [0.1, 0.15) is 11.1 Å². The summed E-state index contributed by atoms with van der Waals surface area (Å²) in [5.74, 6) is 3.30. The molecule has 4 saturated carbocycles. The van der Waals surface area contributed by atoms with E-state index >= 15 is 0 Å². The van der Waals surface area contributed by atoms with E-state index in [0.29, 0.717) is 15.8 Å². The maximum atomic E-state index is 12.6. The van der Waals surface area contributed by atoms with Crippen LogP contribution in [0, 0.1) is 29.1 Å². The lowest BCUT2D eigenvalue weighted by Gasteiger charge is -2.55. The predicted molar refractivity (Wildman–Crippen MR) is 123 cm³/mol. The molecule has 4 bridgehead atoms. The zero-order valence-corrected chi connectivity index (χ0v) is 19.9. The van der Waals surface area contributed by atoms with E-state index in [4.69, 9.17) is 4.42 Å². The summed E-state index contributed by atoms with van der Waals surface area (Å²) in [6.07, 6.45) is 8.53. The van der Waals surface area contributed by atoms with Crippen molar-refractivity contribution >= 4 is 34.0 Å². The van der Waals surface area contributed by atoms with Crippen LogP contribution in [0.15, 0.2) is 9.64 Å². The van der Waals surface area contributed by atoms with Crippen molar-refractivity contribution in [2.75, 3.05) is 24.7 Å². The summed E-state index contributed by atoms with van der Waals surface area (Å²) in [5.41, 5.74) is 1.79. The van der Waals surface area contributed by atoms with Crippen molar-refractivity contribution in [3.8, 4) is 6.07 Å². The molecule has 7 nitrogen and oxygen atoms in total. The number of thiophene rings is 1. The Balaban J connectivity index is 1.11. The Morgan fingerprint density at radius 3 is 2.69 bits per heavy atom. The molecule has 2 aromatic heterocycles. The van der Waals surface area contributed by atoms with Gasteiger partial charge < -0.3 is 14.6 Å². The first-order chi connectivity index (χ1) is 15.5. The van der Waals surface area contributed by atoms with Crippen LogP contribution in [0.2, 0.25) is 0 Å². The van der Waals surface area contributed by atoms with Gasteiger partial charge >= 0.3 is 0 Å². The van der Waals surface area contributed by atoms with E-state index in [2.05, 4.69) is 33.5 Å². The Kier molecular flexibility index (Phi) is 5.08. The third-order valence-electron chi connectivity index (χ3n) is 7.84. The lowest BCUT2D eigenvalue weighted by Crippen LogP contribution is -2.48. The van der Waals surface area contributed by atoms with Gasteiger partial charge in [0, 0.05) is 23.4 Å². The van der Waals surface area contributed by atoms with Gasteiger partial charge in [-0.3, -0.25) is 4.79 Å². The number of carbonyl (C=O) groups excluding carboxylic acids is 1. The van der Waals surface area contributed by atoms with Crippen LogP contribution in [0.4, 0.5) is 5.00 Å². The number of rotatable bonds is 5. The second kappa shape index (κ2) is 7.86. The first-order valence-corrected chi connectivity index (χ1v) is 13.3. The molecule has 0 radical (unpaired) electrons. The number of fused-ring (bicyclic) bond motifs is 1. The van der Waals surface area contributed by atoms with Crippen LogP contribution >= 0.6 is 23.1 Å². The number of likely N-dealkylation sites (N-methyl/N-ethyl adjacent to an activating group) is 1. The molecule has 4 aliphatic carbocycles. The molecular formula is C23H27N5O2S2. The van der Waals surface area contributed by atoms with Crippen molar-refractivity contribution in [3.63, 3.8) is 0 Å². The van der Waals surface area contributed by atoms with E-state index in [1.54, 1.807) is 0 Å². The number of amides is 1. The number of carbonyl (C=O) groups is 1. The first kappa shape index (κ1) is 20.7. The molecule has 0 spiro atoms. The fourth-order valence-electron chi connectivity index (χ4n) is 6.88. The Morgan fingerprint density at radius 1 is 1.28 bits per heavy atom. The molecule has 0 aromatic carbocycles. The number of aromatic nitrogens is 2. The van der Waals surface area contributed by atoms with Gasteiger partial charge in [0.05, 0.1) is 11.3 Å². The third kappa shape index (κ3) is 3.57. The number of hydrogen-bond acceptors (Lipinski definition) is 8. The van der Waals surface area contributed by atoms with Gasteiger partial charge in [0.25, 0.3) is 5.22 Å². The molecule has 3 heterocycles. The standard InChI is InChI=1S/C23H27N5O2S2/c1-28-3-2-16-17(10-24)20(32-18(16)11-28)25-19(29)12-31-22-27-26-21(30-22)23-7-13-4-14(8-23)6-15(5-13)9-23/h13-15H,2-9,11-12H2,1H3,(H,25,29). The summed E-state index contributed by atoms with van der Waals surface area (Å²) < 4.78 is 6.10. The Morgan fingerprint density at radius 2 is 2.00 bits per heavy atom. The molecule has 7 rings (SSSR count). The quantitative estimate of drug-likeness (QED) is 0.656. The molecule has 5 aliphatic rings. The number of nitrogens with one attached hydrogen (secondary N) is 1. The molecule has 32 heavy (non-hydrogen) atoms. The van der Waals surface area contributed by atoms with E-state index in [1.807, 2.05) is 0 Å². The van der Waals surface area contributed by atoms with Crippen LogP contribution in [-0.4, -0.2) is 40.3 Å². The van der Waals surface area contributed by atoms with Crippen LogP contribution in [0.3, 0.4) is 0 Å². The van der Waals surface area contributed by atoms with Gasteiger partial charge in [0.15, 0.2) is 0 Å². The average Bonchev–Trinajstić information content (AvgIpc) is 3.35. The van der Waals surface area contributed by atoms with Crippen LogP contribution in [-0.2, 0) is 23.2 Å². The summed E-state index contributed by atoms with van der Waals surface area (Å²) in [7, 11) is 2.08. The van der Waals surface area contributed by atoms with Gasteiger partial charge in [-0.25, -0.2) is 0 Å². The molecule has 1 amide bonds. The van der Waals surface area contributed by atoms with Gasteiger partial charge in [-0.15, -0.1) is 21.5 Å². The lowest BCUT2D eigenvalue weighted by atomic mass is 9.49. The summed E-state index contributed by atoms with van der Waals surface area (Å²) in [5, 5.41) is 22.4. The minimum atomic E-state index is -0.145. The van der Waals surface area contributed by atoms with Crippen LogP contribution < -0.4 is 5.32 Å².